The maximum absolute atomic E-state index is 6.69. The van der Waals surface area contributed by atoms with Crippen LogP contribution >= 0.6 is 0 Å². The molecule has 246 valence electrons. The van der Waals surface area contributed by atoms with E-state index in [1.165, 1.54) is 11.1 Å². The molecule has 8 aromatic carbocycles. The molecular formula is C48H32N2O2. The zero-order chi connectivity index (χ0) is 34.4. The van der Waals surface area contributed by atoms with Gasteiger partial charge in [-0.15, -0.1) is 0 Å². The van der Waals surface area contributed by atoms with Crippen molar-refractivity contribution in [2.45, 2.75) is 0 Å². The van der Waals surface area contributed by atoms with E-state index >= 15 is 0 Å². The molecule has 0 saturated carbocycles. The molecule has 0 bridgehead atoms. The van der Waals surface area contributed by atoms with Crippen LogP contribution in [0.15, 0.2) is 203 Å². The zero-order valence-corrected chi connectivity index (χ0v) is 28.2. The van der Waals surface area contributed by atoms with Crippen molar-refractivity contribution in [1.29, 1.82) is 0 Å². The van der Waals surface area contributed by atoms with Crippen molar-refractivity contribution in [2.75, 3.05) is 9.80 Å². The van der Waals surface area contributed by atoms with Gasteiger partial charge in [-0.25, -0.2) is 0 Å². The molecule has 52 heavy (non-hydrogen) atoms. The first-order valence-corrected chi connectivity index (χ1v) is 17.5. The van der Waals surface area contributed by atoms with Gasteiger partial charge in [-0.1, -0.05) is 103 Å². The minimum atomic E-state index is 0.822. The monoisotopic (exact) mass is 668 g/mol. The molecule has 0 fully saturated rings. The lowest BCUT2D eigenvalue weighted by Gasteiger charge is -2.26. The molecule has 0 amide bonds. The summed E-state index contributed by atoms with van der Waals surface area (Å²) in [5.41, 5.74) is 12.0. The Bertz CT molecular complexity index is 2840. The van der Waals surface area contributed by atoms with Crippen LogP contribution in [0.25, 0.3) is 55.0 Å². The predicted molar refractivity (Wildman–Crippen MR) is 216 cm³/mol. The van der Waals surface area contributed by atoms with Crippen LogP contribution < -0.4 is 9.80 Å². The molecule has 0 radical (unpaired) electrons. The van der Waals surface area contributed by atoms with Gasteiger partial charge >= 0.3 is 0 Å². The van der Waals surface area contributed by atoms with Crippen LogP contribution in [0.3, 0.4) is 0 Å². The standard InChI is InChI=1S/C48H32N2O2/c1-4-13-33(14-5-1)34-23-25-37(26-24-34)49(35-15-6-2-7-16-35)38-28-30-42-47(31-38)52-45-22-12-20-43(48(42)45)50(36-17-8-3-9-18-36)39-27-29-41-40-19-10-11-21-44(40)51-46(41)32-39/h1-32H. The van der Waals surface area contributed by atoms with Crippen LogP contribution in [0.2, 0.25) is 0 Å². The number of anilines is 6. The molecule has 0 aliphatic rings. The van der Waals surface area contributed by atoms with Gasteiger partial charge in [0, 0.05) is 56.7 Å². The third-order valence-electron chi connectivity index (χ3n) is 9.84. The third kappa shape index (κ3) is 5.09. The quantitative estimate of drug-likeness (QED) is 0.169. The van der Waals surface area contributed by atoms with Crippen molar-refractivity contribution < 1.29 is 8.83 Å². The van der Waals surface area contributed by atoms with E-state index < -0.39 is 0 Å². The number of benzene rings is 8. The Labute approximate surface area is 301 Å². The van der Waals surface area contributed by atoms with Gasteiger partial charge in [0.05, 0.1) is 11.1 Å². The van der Waals surface area contributed by atoms with Gasteiger partial charge in [0.15, 0.2) is 0 Å². The highest BCUT2D eigenvalue weighted by Gasteiger charge is 2.22. The molecule has 10 aromatic rings. The van der Waals surface area contributed by atoms with E-state index in [2.05, 4.69) is 180 Å². The Hall–Kier alpha value is -7.04. The molecule has 0 N–H and O–H groups in total. The van der Waals surface area contributed by atoms with E-state index in [1.807, 2.05) is 24.3 Å². The summed E-state index contributed by atoms with van der Waals surface area (Å²) in [6.07, 6.45) is 0. The van der Waals surface area contributed by atoms with E-state index in [0.717, 1.165) is 78.0 Å². The van der Waals surface area contributed by atoms with Crippen LogP contribution in [0.5, 0.6) is 0 Å². The molecule has 0 unspecified atom stereocenters. The molecular weight excluding hydrogens is 637 g/mol. The van der Waals surface area contributed by atoms with Crippen molar-refractivity contribution >= 4 is 78.0 Å². The lowest BCUT2D eigenvalue weighted by Crippen LogP contribution is -2.10. The number of furan rings is 2. The van der Waals surface area contributed by atoms with Gasteiger partial charge in [0.25, 0.3) is 0 Å². The molecule has 4 heteroatoms. The van der Waals surface area contributed by atoms with Crippen LogP contribution in [0.1, 0.15) is 0 Å². The van der Waals surface area contributed by atoms with Crippen molar-refractivity contribution in [1.82, 2.24) is 0 Å². The molecule has 2 aromatic heterocycles. The minimum Gasteiger partial charge on any atom is -0.456 e. The van der Waals surface area contributed by atoms with E-state index in [-0.39, 0.29) is 0 Å². The fourth-order valence-electron chi connectivity index (χ4n) is 7.44. The minimum absolute atomic E-state index is 0.822. The lowest BCUT2D eigenvalue weighted by molar-refractivity contribution is 0.669. The summed E-state index contributed by atoms with van der Waals surface area (Å²) in [6, 6.07) is 67.7. The van der Waals surface area contributed by atoms with E-state index in [9.17, 15) is 0 Å². The van der Waals surface area contributed by atoms with Crippen LogP contribution in [0, 0.1) is 0 Å². The number of nitrogens with zero attached hydrogens (tertiary/aromatic N) is 2. The van der Waals surface area contributed by atoms with Gasteiger partial charge in [0.1, 0.15) is 22.3 Å². The van der Waals surface area contributed by atoms with Crippen LogP contribution in [-0.4, -0.2) is 0 Å². The normalized spacial score (nSPS) is 11.5. The summed E-state index contributed by atoms with van der Waals surface area (Å²) >= 11 is 0. The fourth-order valence-corrected chi connectivity index (χ4v) is 7.44. The smallest absolute Gasteiger partial charge is 0.137 e. The largest absolute Gasteiger partial charge is 0.456 e. The van der Waals surface area contributed by atoms with Crippen molar-refractivity contribution in [2.24, 2.45) is 0 Å². The Morgan fingerprint density at radius 2 is 0.769 bits per heavy atom. The van der Waals surface area contributed by atoms with Crippen molar-refractivity contribution in [3.8, 4) is 11.1 Å². The Kier molecular flexibility index (Phi) is 7.10. The molecule has 10 rings (SSSR count). The molecule has 0 spiro atoms. The number of hydrogen-bond acceptors (Lipinski definition) is 4. The Morgan fingerprint density at radius 1 is 0.288 bits per heavy atom. The Balaban J connectivity index is 1.12. The first-order valence-electron chi connectivity index (χ1n) is 17.5. The molecule has 0 aliphatic carbocycles. The highest BCUT2D eigenvalue weighted by Crippen LogP contribution is 2.45. The van der Waals surface area contributed by atoms with Crippen molar-refractivity contribution in [3.05, 3.63) is 194 Å². The molecule has 0 aliphatic heterocycles. The van der Waals surface area contributed by atoms with Crippen LogP contribution in [0.4, 0.5) is 34.1 Å². The summed E-state index contributed by atoms with van der Waals surface area (Å²) in [4.78, 5) is 4.57. The summed E-state index contributed by atoms with van der Waals surface area (Å²) < 4.78 is 13.0. The summed E-state index contributed by atoms with van der Waals surface area (Å²) in [5, 5.41) is 4.32. The number of rotatable bonds is 7. The fraction of sp³-hybridized carbons (Fsp3) is 0. The van der Waals surface area contributed by atoms with Gasteiger partial charge in [-0.3, -0.25) is 0 Å². The predicted octanol–water partition coefficient (Wildman–Crippen LogP) is 14.1. The van der Waals surface area contributed by atoms with E-state index in [0.29, 0.717) is 0 Å². The van der Waals surface area contributed by atoms with Gasteiger partial charge in [0.2, 0.25) is 0 Å². The highest BCUT2D eigenvalue weighted by atomic mass is 16.3. The summed E-state index contributed by atoms with van der Waals surface area (Å²) in [5.74, 6) is 0. The lowest BCUT2D eigenvalue weighted by atomic mass is 10.0. The second-order valence-electron chi connectivity index (χ2n) is 13.0. The van der Waals surface area contributed by atoms with Crippen molar-refractivity contribution in [3.63, 3.8) is 0 Å². The topological polar surface area (TPSA) is 32.8 Å². The number of hydrogen-bond donors (Lipinski definition) is 0. The van der Waals surface area contributed by atoms with E-state index in [4.69, 9.17) is 8.83 Å². The average Bonchev–Trinajstić information content (AvgIpc) is 3.78. The summed E-state index contributed by atoms with van der Waals surface area (Å²) in [6.45, 7) is 0. The average molecular weight is 669 g/mol. The maximum atomic E-state index is 6.69. The maximum Gasteiger partial charge on any atom is 0.137 e. The molecule has 2 heterocycles. The molecule has 4 nitrogen and oxygen atoms in total. The highest BCUT2D eigenvalue weighted by molar-refractivity contribution is 6.14. The Morgan fingerprint density at radius 3 is 1.50 bits per heavy atom. The van der Waals surface area contributed by atoms with Gasteiger partial charge < -0.3 is 18.6 Å². The molecule has 0 saturated heterocycles. The number of para-hydroxylation sites is 3. The molecule has 0 atom stereocenters. The van der Waals surface area contributed by atoms with Gasteiger partial charge in [-0.05, 0) is 90.0 Å². The van der Waals surface area contributed by atoms with Gasteiger partial charge in [-0.2, -0.15) is 0 Å². The zero-order valence-electron chi connectivity index (χ0n) is 28.2. The second-order valence-corrected chi connectivity index (χ2v) is 13.0. The second kappa shape index (κ2) is 12.4. The summed E-state index contributed by atoms with van der Waals surface area (Å²) in [7, 11) is 0. The van der Waals surface area contributed by atoms with Crippen LogP contribution in [-0.2, 0) is 0 Å². The number of fused-ring (bicyclic) bond motifs is 6. The van der Waals surface area contributed by atoms with E-state index in [1.54, 1.807) is 0 Å². The third-order valence-corrected chi connectivity index (χ3v) is 9.84. The first kappa shape index (κ1) is 29.8. The first-order chi connectivity index (χ1) is 25.8. The SMILES string of the molecule is c1ccc(-c2ccc(N(c3ccccc3)c3ccc4c(c3)oc3cccc(N(c5ccccc5)c5ccc6c(c5)oc5ccccc56)c34)cc2)cc1.